The molecule has 1 unspecified atom stereocenters. The molecular weight excluding hydrogens is 340 g/mol. The highest BCUT2D eigenvalue weighted by Crippen LogP contribution is 2.40. The number of fused-ring (bicyclic) bond motifs is 3. The summed E-state index contributed by atoms with van der Waals surface area (Å²) < 4.78 is 1.22. The van der Waals surface area contributed by atoms with E-state index in [0.29, 0.717) is 4.83 Å². The molecular formula is C15H14Br2. The van der Waals surface area contributed by atoms with Crippen molar-refractivity contribution < 1.29 is 0 Å². The Bertz CT molecular complexity index is 560. The summed E-state index contributed by atoms with van der Waals surface area (Å²) >= 11 is 7.54. The quantitative estimate of drug-likeness (QED) is 0.417. The van der Waals surface area contributed by atoms with Crippen molar-refractivity contribution in [2.45, 2.75) is 30.5 Å². The van der Waals surface area contributed by atoms with Crippen LogP contribution in [0.5, 0.6) is 0 Å². The Labute approximate surface area is 119 Å². The van der Waals surface area contributed by atoms with Crippen LogP contribution in [0.1, 0.15) is 35.2 Å². The maximum Gasteiger partial charge on any atom is 0.0398 e. The molecule has 1 aliphatic rings. The largest absolute Gasteiger partial charge is 0.0839 e. The molecule has 0 bridgehead atoms. The van der Waals surface area contributed by atoms with Gasteiger partial charge < -0.3 is 0 Å². The van der Waals surface area contributed by atoms with Crippen molar-refractivity contribution in [3.05, 3.63) is 45.9 Å². The van der Waals surface area contributed by atoms with E-state index in [2.05, 4.69) is 62.2 Å². The van der Waals surface area contributed by atoms with E-state index in [1.54, 1.807) is 5.56 Å². The van der Waals surface area contributed by atoms with E-state index in [9.17, 15) is 0 Å². The van der Waals surface area contributed by atoms with Crippen molar-refractivity contribution in [2.75, 3.05) is 0 Å². The number of halogens is 2. The molecule has 0 fully saturated rings. The minimum Gasteiger partial charge on any atom is -0.0839 e. The van der Waals surface area contributed by atoms with Crippen molar-refractivity contribution in [2.24, 2.45) is 0 Å². The zero-order chi connectivity index (χ0) is 11.8. The maximum absolute atomic E-state index is 3.84. The van der Waals surface area contributed by atoms with Gasteiger partial charge in [-0.15, -0.1) is 0 Å². The molecule has 17 heavy (non-hydrogen) atoms. The van der Waals surface area contributed by atoms with Gasteiger partial charge >= 0.3 is 0 Å². The average molecular weight is 354 g/mol. The van der Waals surface area contributed by atoms with Crippen LogP contribution < -0.4 is 0 Å². The second-order valence-electron chi connectivity index (χ2n) is 4.69. The molecule has 1 atom stereocenters. The predicted octanol–water partition coefficient (Wildman–Crippen LogP) is 5.76. The summed E-state index contributed by atoms with van der Waals surface area (Å²) in [7, 11) is 0. The fourth-order valence-electron chi connectivity index (χ4n) is 2.75. The third kappa shape index (κ3) is 2.06. The van der Waals surface area contributed by atoms with Gasteiger partial charge in [0.1, 0.15) is 0 Å². The van der Waals surface area contributed by atoms with Crippen LogP contribution in [0.25, 0.3) is 10.8 Å². The SMILES string of the molecule is Brc1cc2c(c3ccccc13)CCCCC2Br. The Morgan fingerprint density at radius 3 is 2.65 bits per heavy atom. The van der Waals surface area contributed by atoms with Gasteiger partial charge in [-0.25, -0.2) is 0 Å². The highest BCUT2D eigenvalue weighted by atomic mass is 79.9. The molecule has 0 aliphatic heterocycles. The molecule has 0 N–H and O–H groups in total. The van der Waals surface area contributed by atoms with Crippen LogP contribution in [0.4, 0.5) is 0 Å². The molecule has 2 aromatic rings. The highest BCUT2D eigenvalue weighted by molar-refractivity contribution is 9.10. The molecule has 0 nitrogen and oxygen atoms in total. The molecule has 0 radical (unpaired) electrons. The molecule has 0 aromatic heterocycles. The lowest BCUT2D eigenvalue weighted by Crippen LogP contribution is -1.95. The lowest BCUT2D eigenvalue weighted by Gasteiger charge is -2.15. The van der Waals surface area contributed by atoms with Crippen LogP contribution in [-0.2, 0) is 6.42 Å². The van der Waals surface area contributed by atoms with Crippen molar-refractivity contribution in [1.29, 1.82) is 0 Å². The first-order valence-electron chi connectivity index (χ1n) is 6.11. The van der Waals surface area contributed by atoms with Crippen molar-refractivity contribution >= 4 is 42.6 Å². The van der Waals surface area contributed by atoms with Gasteiger partial charge in [0.25, 0.3) is 0 Å². The van der Waals surface area contributed by atoms with Gasteiger partial charge in [-0.2, -0.15) is 0 Å². The van der Waals surface area contributed by atoms with Crippen molar-refractivity contribution in [1.82, 2.24) is 0 Å². The van der Waals surface area contributed by atoms with E-state index in [1.807, 2.05) is 0 Å². The van der Waals surface area contributed by atoms with Crippen LogP contribution in [0.15, 0.2) is 34.8 Å². The number of rotatable bonds is 0. The molecule has 0 heterocycles. The summed E-state index contributed by atoms with van der Waals surface area (Å²) in [6, 6.07) is 11.0. The average Bonchev–Trinajstić information content (AvgIpc) is 2.53. The summed E-state index contributed by atoms with van der Waals surface area (Å²) in [6.45, 7) is 0. The van der Waals surface area contributed by atoms with Gasteiger partial charge in [-0.1, -0.05) is 62.5 Å². The van der Waals surface area contributed by atoms with Crippen molar-refractivity contribution in [3.8, 4) is 0 Å². The minimum atomic E-state index is 0.515. The van der Waals surface area contributed by atoms with Gasteiger partial charge in [0.15, 0.2) is 0 Å². The molecule has 2 aromatic carbocycles. The van der Waals surface area contributed by atoms with Crippen LogP contribution >= 0.6 is 31.9 Å². The third-order valence-electron chi connectivity index (χ3n) is 3.61. The molecule has 0 saturated heterocycles. The van der Waals surface area contributed by atoms with Gasteiger partial charge in [-0.05, 0) is 47.2 Å². The van der Waals surface area contributed by atoms with Crippen LogP contribution in [0.3, 0.4) is 0 Å². The molecule has 1 aliphatic carbocycles. The van der Waals surface area contributed by atoms with E-state index in [4.69, 9.17) is 0 Å². The summed E-state index contributed by atoms with van der Waals surface area (Å²) in [6.07, 6.45) is 5.08. The number of aryl methyl sites for hydroxylation is 1. The Balaban J connectivity index is 2.34. The van der Waals surface area contributed by atoms with E-state index in [0.717, 1.165) is 0 Å². The Kier molecular flexibility index (Phi) is 3.27. The second kappa shape index (κ2) is 4.74. The molecule has 0 saturated carbocycles. The van der Waals surface area contributed by atoms with E-state index in [1.165, 1.54) is 46.5 Å². The molecule has 88 valence electrons. The predicted molar refractivity (Wildman–Crippen MR) is 80.9 cm³/mol. The number of alkyl halides is 1. The molecule has 3 rings (SSSR count). The number of hydrogen-bond acceptors (Lipinski definition) is 0. The fourth-order valence-corrected chi connectivity index (χ4v) is 4.08. The topological polar surface area (TPSA) is 0 Å². The molecule has 2 heteroatoms. The van der Waals surface area contributed by atoms with Crippen LogP contribution in [-0.4, -0.2) is 0 Å². The normalized spacial score (nSPS) is 20.0. The summed E-state index contributed by atoms with van der Waals surface area (Å²) in [5.74, 6) is 0. The van der Waals surface area contributed by atoms with E-state index in [-0.39, 0.29) is 0 Å². The van der Waals surface area contributed by atoms with Crippen LogP contribution in [0.2, 0.25) is 0 Å². The highest BCUT2D eigenvalue weighted by Gasteiger charge is 2.19. The summed E-state index contributed by atoms with van der Waals surface area (Å²) in [5.41, 5.74) is 3.02. The van der Waals surface area contributed by atoms with E-state index < -0.39 is 0 Å². The molecule has 0 amide bonds. The smallest absolute Gasteiger partial charge is 0.0398 e. The second-order valence-corrected chi connectivity index (χ2v) is 6.64. The number of benzene rings is 2. The molecule has 0 spiro atoms. The van der Waals surface area contributed by atoms with Gasteiger partial charge in [-0.3, -0.25) is 0 Å². The number of hydrogen-bond donors (Lipinski definition) is 0. The van der Waals surface area contributed by atoms with Gasteiger partial charge in [0.05, 0.1) is 0 Å². The van der Waals surface area contributed by atoms with Gasteiger partial charge in [0.2, 0.25) is 0 Å². The van der Waals surface area contributed by atoms with Crippen molar-refractivity contribution in [3.63, 3.8) is 0 Å². The summed E-state index contributed by atoms with van der Waals surface area (Å²) in [5, 5.41) is 2.76. The first kappa shape index (κ1) is 11.7. The van der Waals surface area contributed by atoms with Gasteiger partial charge in [0, 0.05) is 9.30 Å². The minimum absolute atomic E-state index is 0.515. The maximum atomic E-state index is 3.84. The first-order valence-corrected chi connectivity index (χ1v) is 7.82. The monoisotopic (exact) mass is 352 g/mol. The summed E-state index contributed by atoms with van der Waals surface area (Å²) in [4.78, 5) is 0.515. The first-order chi connectivity index (χ1) is 8.27. The standard InChI is InChI=1S/C15H14Br2/c16-14-8-4-3-6-11-10-5-1-2-7-12(10)15(17)9-13(11)14/h1-2,5,7,9,14H,3-4,6,8H2. The zero-order valence-corrected chi connectivity index (χ0v) is 12.7. The fraction of sp³-hybridized carbons (Fsp3) is 0.333. The third-order valence-corrected chi connectivity index (χ3v) is 5.22. The van der Waals surface area contributed by atoms with Crippen LogP contribution in [0, 0.1) is 0 Å². The lowest BCUT2D eigenvalue weighted by molar-refractivity contribution is 0.709. The van der Waals surface area contributed by atoms with E-state index >= 15 is 0 Å². The Morgan fingerprint density at radius 2 is 1.82 bits per heavy atom. The lowest BCUT2D eigenvalue weighted by atomic mass is 9.96. The zero-order valence-electron chi connectivity index (χ0n) is 9.55. The Morgan fingerprint density at radius 1 is 1.06 bits per heavy atom. The Hall–Kier alpha value is -0.340.